The van der Waals surface area contributed by atoms with Crippen LogP contribution in [0.15, 0.2) is 60.7 Å². The van der Waals surface area contributed by atoms with E-state index in [1.54, 1.807) is 0 Å². The summed E-state index contributed by atoms with van der Waals surface area (Å²) < 4.78 is 12.1. The predicted molar refractivity (Wildman–Crippen MR) is 99.0 cm³/mol. The van der Waals surface area contributed by atoms with Crippen molar-refractivity contribution in [3.8, 4) is 0 Å². The van der Waals surface area contributed by atoms with Crippen molar-refractivity contribution in [1.82, 2.24) is 0 Å². The van der Waals surface area contributed by atoms with E-state index in [2.05, 4.69) is 0 Å². The number of benzene rings is 2. The van der Waals surface area contributed by atoms with Gasteiger partial charge in [0.15, 0.2) is 0 Å². The fourth-order valence-corrected chi connectivity index (χ4v) is 4.02. The highest BCUT2D eigenvalue weighted by atomic mass is 31.1. The Balaban J connectivity index is 2.28. The zero-order chi connectivity index (χ0) is 18.3. The number of hydrogen-bond donors (Lipinski definition) is 2. The minimum Gasteiger partial charge on any atom is -0.478 e. The maximum atomic E-state index is 12.1. The molecule has 0 bridgehead atoms. The van der Waals surface area contributed by atoms with Gasteiger partial charge in [0.05, 0.1) is 0 Å². The first kappa shape index (κ1) is 19.3. The normalized spacial score (nSPS) is 15.2. The monoisotopic (exact) mass is 359 g/mol. The number of aliphatic carboxylic acids is 1. The van der Waals surface area contributed by atoms with Crippen molar-refractivity contribution in [2.24, 2.45) is 0 Å². The molecule has 2 N–H and O–H groups in total. The van der Waals surface area contributed by atoms with Crippen LogP contribution in [0.2, 0.25) is 0 Å². The molecule has 2 aromatic rings. The van der Waals surface area contributed by atoms with Crippen LogP contribution in [0.3, 0.4) is 0 Å². The molecule has 5 heteroatoms. The van der Waals surface area contributed by atoms with Gasteiger partial charge in [0.25, 0.3) is 5.16 Å². The largest absolute Gasteiger partial charge is 0.523 e. The standard InChI is InChI=1S/C20H23O4P/c1-2-17(18-11-7-4-8-12-18)15-20(19(21)22,25(23)24)14-13-16-9-5-3-6-10-16/h3-12,17H,2,13-15H2,1H3,(H-,21,22,23,24)/p+1. The number of carboxylic acid groups (broad SMARTS) is 1. The molecule has 0 saturated carbocycles. The number of aryl methyl sites for hydroxylation is 1. The molecule has 2 aromatic carbocycles. The lowest BCUT2D eigenvalue weighted by molar-refractivity contribution is -0.140. The van der Waals surface area contributed by atoms with Crippen molar-refractivity contribution < 1.29 is 19.4 Å². The number of rotatable bonds is 9. The van der Waals surface area contributed by atoms with Crippen molar-refractivity contribution in [1.29, 1.82) is 0 Å². The molecule has 0 radical (unpaired) electrons. The van der Waals surface area contributed by atoms with Gasteiger partial charge in [-0.05, 0) is 34.5 Å². The number of hydrogen-bond acceptors (Lipinski definition) is 2. The van der Waals surface area contributed by atoms with Crippen molar-refractivity contribution >= 4 is 14.0 Å². The molecule has 0 aliphatic carbocycles. The third-order valence-electron chi connectivity index (χ3n) is 4.78. The summed E-state index contributed by atoms with van der Waals surface area (Å²) in [7, 11) is -2.86. The van der Waals surface area contributed by atoms with Crippen LogP contribution < -0.4 is 0 Å². The summed E-state index contributed by atoms with van der Waals surface area (Å²) in [5.74, 6) is -1.26. The molecule has 2 rings (SSSR count). The molecule has 0 amide bonds. The summed E-state index contributed by atoms with van der Waals surface area (Å²) >= 11 is 0. The van der Waals surface area contributed by atoms with Crippen LogP contribution in [0.1, 0.15) is 43.2 Å². The average Bonchev–Trinajstić information content (AvgIpc) is 2.63. The van der Waals surface area contributed by atoms with E-state index in [-0.39, 0.29) is 18.8 Å². The fraction of sp³-hybridized carbons (Fsp3) is 0.350. The van der Waals surface area contributed by atoms with Crippen LogP contribution in [0.25, 0.3) is 0 Å². The highest BCUT2D eigenvalue weighted by molar-refractivity contribution is 7.41. The first-order chi connectivity index (χ1) is 12.0. The SMILES string of the molecule is CCC(CC(CCc1ccccc1)(C(=O)O)[P+](=O)O)c1ccccc1. The van der Waals surface area contributed by atoms with Crippen molar-refractivity contribution in [3.05, 3.63) is 71.8 Å². The summed E-state index contributed by atoms with van der Waals surface area (Å²) in [5, 5.41) is 8.18. The van der Waals surface area contributed by atoms with Crippen LogP contribution in [0.4, 0.5) is 0 Å². The Bertz CT molecular complexity index is 686. The molecule has 4 nitrogen and oxygen atoms in total. The van der Waals surface area contributed by atoms with Crippen molar-refractivity contribution in [2.75, 3.05) is 0 Å². The van der Waals surface area contributed by atoms with E-state index in [0.29, 0.717) is 12.8 Å². The van der Waals surface area contributed by atoms with Crippen LogP contribution in [0.5, 0.6) is 0 Å². The Kier molecular flexibility index (Phi) is 6.86. The minimum atomic E-state index is -2.86. The van der Waals surface area contributed by atoms with Gasteiger partial charge in [0.2, 0.25) is 0 Å². The molecule has 132 valence electrons. The van der Waals surface area contributed by atoms with E-state index in [0.717, 1.165) is 11.1 Å². The van der Waals surface area contributed by atoms with Crippen molar-refractivity contribution in [3.63, 3.8) is 0 Å². The molecule has 3 atom stereocenters. The molecule has 0 spiro atoms. The molecular weight excluding hydrogens is 335 g/mol. The van der Waals surface area contributed by atoms with E-state index in [9.17, 15) is 19.4 Å². The van der Waals surface area contributed by atoms with E-state index >= 15 is 0 Å². The summed E-state index contributed by atoms with van der Waals surface area (Å²) in [5.41, 5.74) is 1.98. The lowest BCUT2D eigenvalue weighted by Crippen LogP contribution is -2.37. The molecule has 0 fully saturated rings. The molecule has 25 heavy (non-hydrogen) atoms. The molecule has 0 aliphatic rings. The van der Waals surface area contributed by atoms with Gasteiger partial charge in [-0.15, -0.1) is 0 Å². The molecular formula is C20H24O4P+. The van der Waals surface area contributed by atoms with E-state index in [1.165, 1.54) is 0 Å². The number of carboxylic acids is 1. The maximum Gasteiger partial charge on any atom is 0.523 e. The second kappa shape index (κ2) is 8.89. The van der Waals surface area contributed by atoms with Crippen LogP contribution in [-0.4, -0.2) is 21.1 Å². The first-order valence-corrected chi connectivity index (χ1v) is 9.69. The van der Waals surface area contributed by atoms with Crippen LogP contribution >= 0.6 is 8.03 Å². The van der Waals surface area contributed by atoms with E-state index in [4.69, 9.17) is 0 Å². The molecule has 0 heterocycles. The molecule has 3 unspecified atom stereocenters. The Hall–Kier alpha value is -2.03. The van der Waals surface area contributed by atoms with Crippen molar-refractivity contribution in [2.45, 2.75) is 43.7 Å². The van der Waals surface area contributed by atoms with Gasteiger partial charge < -0.3 is 5.11 Å². The van der Waals surface area contributed by atoms with Gasteiger partial charge in [-0.2, -0.15) is 4.89 Å². The predicted octanol–water partition coefficient (Wildman–Crippen LogP) is 4.76. The van der Waals surface area contributed by atoms with Gasteiger partial charge in [0, 0.05) is 12.8 Å². The van der Waals surface area contributed by atoms with Crippen LogP contribution in [0, 0.1) is 0 Å². The summed E-state index contributed by atoms with van der Waals surface area (Å²) in [4.78, 5) is 22.0. The third-order valence-corrected chi connectivity index (χ3v) is 6.11. The third kappa shape index (κ3) is 4.75. The Morgan fingerprint density at radius 3 is 2.12 bits per heavy atom. The minimum absolute atomic E-state index is 0.0702. The maximum absolute atomic E-state index is 12.1. The zero-order valence-electron chi connectivity index (χ0n) is 14.3. The summed E-state index contributed by atoms with van der Waals surface area (Å²) in [6, 6.07) is 19.1. The van der Waals surface area contributed by atoms with Gasteiger partial charge in [-0.3, -0.25) is 0 Å². The van der Waals surface area contributed by atoms with Gasteiger partial charge in [0.1, 0.15) is 0 Å². The van der Waals surface area contributed by atoms with E-state index in [1.807, 2.05) is 67.6 Å². The number of carbonyl (C=O) groups is 1. The molecule has 0 aliphatic heterocycles. The van der Waals surface area contributed by atoms with E-state index < -0.39 is 19.2 Å². The lowest BCUT2D eigenvalue weighted by Gasteiger charge is -2.23. The topological polar surface area (TPSA) is 74.6 Å². The van der Waals surface area contributed by atoms with Gasteiger partial charge in [-0.25, -0.2) is 4.79 Å². The zero-order valence-corrected chi connectivity index (χ0v) is 15.2. The Labute approximate surface area is 149 Å². The van der Waals surface area contributed by atoms with Gasteiger partial charge >= 0.3 is 14.0 Å². The van der Waals surface area contributed by atoms with Gasteiger partial charge in [-0.1, -0.05) is 67.6 Å². The smallest absolute Gasteiger partial charge is 0.478 e. The summed E-state index contributed by atoms with van der Waals surface area (Å²) in [6.07, 6.45) is 1.47. The molecule has 0 aromatic heterocycles. The quantitative estimate of drug-likeness (QED) is 0.633. The summed E-state index contributed by atoms with van der Waals surface area (Å²) in [6.45, 7) is 1.98. The second-order valence-electron chi connectivity index (χ2n) is 6.32. The lowest BCUT2D eigenvalue weighted by atomic mass is 9.83. The second-order valence-corrected chi connectivity index (χ2v) is 7.72. The molecule has 0 saturated heterocycles. The Morgan fingerprint density at radius 1 is 1.08 bits per heavy atom. The Morgan fingerprint density at radius 2 is 1.64 bits per heavy atom. The highest BCUT2D eigenvalue weighted by Gasteiger charge is 2.57. The average molecular weight is 359 g/mol. The highest BCUT2D eigenvalue weighted by Crippen LogP contribution is 2.47. The fourth-order valence-electron chi connectivity index (χ4n) is 3.18. The van der Waals surface area contributed by atoms with Crippen LogP contribution in [-0.2, 0) is 15.8 Å². The first-order valence-electron chi connectivity index (χ1n) is 8.48.